The van der Waals surface area contributed by atoms with Gasteiger partial charge in [0.15, 0.2) is 0 Å². The summed E-state index contributed by atoms with van der Waals surface area (Å²) >= 11 is 0. The number of hydrogen-bond acceptors (Lipinski definition) is 2. The number of aliphatic carboxylic acids is 1. The second-order valence-electron chi connectivity index (χ2n) is 7.51. The number of nitrogens with one attached hydrogen (secondary N) is 1. The van der Waals surface area contributed by atoms with Crippen LogP contribution in [0.4, 0.5) is 0 Å². The van der Waals surface area contributed by atoms with Gasteiger partial charge in [-0.2, -0.15) is 0 Å². The highest BCUT2D eigenvalue weighted by Crippen LogP contribution is 2.40. The van der Waals surface area contributed by atoms with Crippen molar-refractivity contribution in [3.8, 4) is 0 Å². The molecule has 0 aliphatic heterocycles. The van der Waals surface area contributed by atoms with Crippen molar-refractivity contribution in [1.82, 2.24) is 5.32 Å². The van der Waals surface area contributed by atoms with Crippen molar-refractivity contribution in [1.29, 1.82) is 0 Å². The lowest BCUT2D eigenvalue weighted by atomic mass is 9.68. The van der Waals surface area contributed by atoms with Gasteiger partial charge >= 0.3 is 5.97 Å². The molecule has 4 nitrogen and oxygen atoms in total. The second kappa shape index (κ2) is 6.80. The summed E-state index contributed by atoms with van der Waals surface area (Å²) in [6, 6.07) is -0.699. The van der Waals surface area contributed by atoms with Crippen LogP contribution >= 0.6 is 0 Å². The molecule has 0 aromatic carbocycles. The summed E-state index contributed by atoms with van der Waals surface area (Å²) in [5.41, 5.74) is -0.0159. The fourth-order valence-corrected chi connectivity index (χ4v) is 4.08. The smallest absolute Gasteiger partial charge is 0.326 e. The van der Waals surface area contributed by atoms with E-state index in [1.54, 1.807) is 0 Å². The lowest BCUT2D eigenvalue weighted by molar-refractivity contribution is -0.145. The molecule has 120 valence electrons. The number of carboxylic acids is 1. The Morgan fingerprint density at radius 2 is 1.67 bits per heavy atom. The number of amides is 1. The highest BCUT2D eigenvalue weighted by atomic mass is 16.4. The second-order valence-corrected chi connectivity index (χ2v) is 7.51. The normalized spacial score (nSPS) is 27.8. The van der Waals surface area contributed by atoms with Gasteiger partial charge in [-0.1, -0.05) is 46.0 Å². The Balaban J connectivity index is 2.02. The van der Waals surface area contributed by atoms with Crippen LogP contribution in [0.15, 0.2) is 0 Å². The van der Waals surface area contributed by atoms with Crippen LogP contribution in [0.25, 0.3) is 0 Å². The van der Waals surface area contributed by atoms with Crippen LogP contribution in [0.1, 0.15) is 71.6 Å². The van der Waals surface area contributed by atoms with Crippen molar-refractivity contribution in [2.24, 2.45) is 17.3 Å². The first kappa shape index (κ1) is 16.3. The minimum atomic E-state index is -0.871. The summed E-state index contributed by atoms with van der Waals surface area (Å²) in [6.07, 6.45) is 9.37. The summed E-state index contributed by atoms with van der Waals surface area (Å²) in [5.74, 6) is -0.856. The van der Waals surface area contributed by atoms with E-state index >= 15 is 0 Å². The molecule has 0 aromatic heterocycles. The maximum Gasteiger partial charge on any atom is 0.326 e. The summed E-state index contributed by atoms with van der Waals surface area (Å²) < 4.78 is 0. The highest BCUT2D eigenvalue weighted by Gasteiger charge is 2.39. The molecule has 4 heteroatoms. The molecule has 0 heterocycles. The topological polar surface area (TPSA) is 66.4 Å². The van der Waals surface area contributed by atoms with Crippen LogP contribution < -0.4 is 5.32 Å². The maximum atomic E-state index is 12.6. The predicted octanol–water partition coefficient (Wildman–Crippen LogP) is 3.35. The zero-order valence-corrected chi connectivity index (χ0v) is 13.4. The van der Waals surface area contributed by atoms with Crippen molar-refractivity contribution in [2.45, 2.75) is 77.7 Å². The molecule has 2 aliphatic carbocycles. The summed E-state index contributed by atoms with van der Waals surface area (Å²) in [7, 11) is 0. The van der Waals surface area contributed by atoms with Gasteiger partial charge in [0.2, 0.25) is 5.91 Å². The number of carboxylic acid groups (broad SMARTS) is 1. The van der Waals surface area contributed by atoms with E-state index in [4.69, 9.17) is 0 Å². The average molecular weight is 295 g/mol. The van der Waals surface area contributed by atoms with E-state index in [0.717, 1.165) is 44.9 Å². The molecule has 2 N–H and O–H groups in total. The third-order valence-corrected chi connectivity index (χ3v) is 5.51. The monoisotopic (exact) mass is 295 g/mol. The van der Waals surface area contributed by atoms with Crippen molar-refractivity contribution >= 4 is 11.9 Å². The SMILES string of the molecule is CC1(C)CCCCC1C(=O)NC(C(=O)O)C1CCCCC1. The maximum absolute atomic E-state index is 12.6. The summed E-state index contributed by atoms with van der Waals surface area (Å²) in [5, 5.41) is 12.4. The van der Waals surface area contributed by atoms with Crippen LogP contribution in [0.5, 0.6) is 0 Å². The first-order valence-electron chi connectivity index (χ1n) is 8.45. The Morgan fingerprint density at radius 3 is 2.24 bits per heavy atom. The van der Waals surface area contributed by atoms with Gasteiger partial charge in [-0.3, -0.25) is 4.79 Å². The van der Waals surface area contributed by atoms with Gasteiger partial charge in [-0.05, 0) is 37.0 Å². The van der Waals surface area contributed by atoms with Crippen LogP contribution in [-0.4, -0.2) is 23.0 Å². The van der Waals surface area contributed by atoms with E-state index in [1.807, 2.05) is 0 Å². The molecule has 2 fully saturated rings. The molecule has 0 aromatic rings. The van der Waals surface area contributed by atoms with Crippen molar-refractivity contribution in [2.75, 3.05) is 0 Å². The molecule has 2 rings (SSSR count). The van der Waals surface area contributed by atoms with Gasteiger partial charge in [0.1, 0.15) is 6.04 Å². The highest BCUT2D eigenvalue weighted by molar-refractivity contribution is 5.85. The van der Waals surface area contributed by atoms with Crippen LogP contribution in [0.3, 0.4) is 0 Å². The fraction of sp³-hybridized carbons (Fsp3) is 0.882. The largest absolute Gasteiger partial charge is 0.480 e. The van der Waals surface area contributed by atoms with E-state index in [-0.39, 0.29) is 23.2 Å². The predicted molar refractivity (Wildman–Crippen MR) is 81.9 cm³/mol. The Morgan fingerprint density at radius 1 is 1.05 bits per heavy atom. The van der Waals surface area contributed by atoms with E-state index < -0.39 is 12.0 Å². The average Bonchev–Trinajstić information content (AvgIpc) is 2.44. The Bertz CT molecular complexity index is 385. The zero-order valence-electron chi connectivity index (χ0n) is 13.4. The van der Waals surface area contributed by atoms with E-state index in [9.17, 15) is 14.7 Å². The molecule has 0 bridgehead atoms. The molecule has 2 saturated carbocycles. The molecular weight excluding hydrogens is 266 g/mol. The van der Waals surface area contributed by atoms with Gasteiger partial charge in [0.25, 0.3) is 0 Å². The summed E-state index contributed by atoms with van der Waals surface area (Å²) in [6.45, 7) is 4.26. The van der Waals surface area contributed by atoms with Crippen LogP contribution in [-0.2, 0) is 9.59 Å². The van der Waals surface area contributed by atoms with Gasteiger partial charge in [-0.15, -0.1) is 0 Å². The molecule has 2 aliphatic rings. The quantitative estimate of drug-likeness (QED) is 0.836. The lowest BCUT2D eigenvalue weighted by Crippen LogP contribution is -2.51. The first-order chi connectivity index (χ1) is 9.92. The van der Waals surface area contributed by atoms with Crippen molar-refractivity contribution in [3.63, 3.8) is 0 Å². The molecule has 0 spiro atoms. The number of carbonyl (C=O) groups excluding carboxylic acids is 1. The van der Waals surface area contributed by atoms with Crippen LogP contribution in [0, 0.1) is 17.3 Å². The van der Waals surface area contributed by atoms with Gasteiger partial charge in [-0.25, -0.2) is 4.79 Å². The third kappa shape index (κ3) is 3.98. The minimum Gasteiger partial charge on any atom is -0.480 e. The summed E-state index contributed by atoms with van der Waals surface area (Å²) in [4.78, 5) is 24.2. The number of hydrogen-bond donors (Lipinski definition) is 2. The van der Waals surface area contributed by atoms with Crippen molar-refractivity contribution in [3.05, 3.63) is 0 Å². The third-order valence-electron chi connectivity index (χ3n) is 5.51. The van der Waals surface area contributed by atoms with Crippen molar-refractivity contribution < 1.29 is 14.7 Å². The Labute approximate surface area is 127 Å². The van der Waals surface area contributed by atoms with Gasteiger partial charge in [0.05, 0.1) is 0 Å². The number of carbonyl (C=O) groups is 2. The standard InChI is InChI=1S/C17H29NO3/c1-17(2)11-7-6-10-13(17)15(19)18-14(16(20)21)12-8-4-3-5-9-12/h12-14H,3-11H2,1-2H3,(H,18,19)(H,20,21). The Kier molecular flexibility index (Phi) is 5.28. The van der Waals surface area contributed by atoms with E-state index in [2.05, 4.69) is 19.2 Å². The van der Waals surface area contributed by atoms with Gasteiger partial charge < -0.3 is 10.4 Å². The molecule has 1 amide bonds. The molecule has 0 saturated heterocycles. The van der Waals surface area contributed by atoms with Crippen LogP contribution in [0.2, 0.25) is 0 Å². The zero-order chi connectivity index (χ0) is 15.5. The van der Waals surface area contributed by atoms with E-state index in [1.165, 1.54) is 12.8 Å². The lowest BCUT2D eigenvalue weighted by Gasteiger charge is -2.38. The molecule has 21 heavy (non-hydrogen) atoms. The minimum absolute atomic E-state index is 0.0159. The Hall–Kier alpha value is -1.06. The fourth-order valence-electron chi connectivity index (χ4n) is 4.08. The van der Waals surface area contributed by atoms with Gasteiger partial charge in [0, 0.05) is 5.92 Å². The first-order valence-corrected chi connectivity index (χ1v) is 8.45. The molecular formula is C17H29NO3. The van der Waals surface area contributed by atoms with E-state index in [0.29, 0.717) is 0 Å². The molecule has 2 unspecified atom stereocenters. The number of rotatable bonds is 4. The molecule has 0 radical (unpaired) electrons. The molecule has 2 atom stereocenters.